The average Bonchev–Trinajstić information content (AvgIpc) is 2.52. The number of methoxy groups -OCH3 is 1. The molecule has 2 heterocycles. The predicted octanol–water partition coefficient (Wildman–Crippen LogP) is -0.659. The Labute approximate surface area is 128 Å². The maximum absolute atomic E-state index is 12.5. The van der Waals surface area contributed by atoms with Gasteiger partial charge in [0.2, 0.25) is 10.0 Å². The second kappa shape index (κ2) is 6.41. The molecular weight excluding hydrogens is 310 g/mol. The molecule has 22 heavy (non-hydrogen) atoms. The summed E-state index contributed by atoms with van der Waals surface area (Å²) >= 11 is 0. The first-order valence-electron chi connectivity index (χ1n) is 6.58. The highest BCUT2D eigenvalue weighted by molar-refractivity contribution is 7.88. The summed E-state index contributed by atoms with van der Waals surface area (Å²) < 4.78 is 29.2. The Morgan fingerprint density at radius 3 is 2.64 bits per heavy atom. The largest absolute Gasteiger partial charge is 0.467 e. The van der Waals surface area contributed by atoms with E-state index in [1.807, 2.05) is 0 Å². The first-order valence-corrected chi connectivity index (χ1v) is 8.43. The second-order valence-electron chi connectivity index (χ2n) is 4.90. The minimum atomic E-state index is -3.44. The van der Waals surface area contributed by atoms with Crippen LogP contribution in [-0.2, 0) is 19.6 Å². The smallest absolute Gasteiger partial charge is 0.329 e. The molecule has 1 aliphatic heterocycles. The Bertz CT molecular complexity index is 662. The summed E-state index contributed by atoms with van der Waals surface area (Å²) in [6.45, 7) is 0.135. The molecule has 1 aliphatic rings. The molecule has 120 valence electrons. The topological polar surface area (TPSA) is 96.9 Å². The van der Waals surface area contributed by atoms with Crippen molar-refractivity contribution >= 4 is 21.9 Å². The zero-order valence-electron chi connectivity index (χ0n) is 12.3. The van der Waals surface area contributed by atoms with E-state index in [-0.39, 0.29) is 25.5 Å². The van der Waals surface area contributed by atoms with E-state index in [2.05, 4.69) is 4.98 Å². The van der Waals surface area contributed by atoms with E-state index >= 15 is 0 Å². The number of rotatable bonds is 3. The van der Waals surface area contributed by atoms with Gasteiger partial charge in [-0.3, -0.25) is 9.78 Å². The summed E-state index contributed by atoms with van der Waals surface area (Å²) in [5, 5.41) is 0. The van der Waals surface area contributed by atoms with Crippen molar-refractivity contribution in [1.29, 1.82) is 0 Å². The molecule has 0 saturated carbocycles. The fourth-order valence-electron chi connectivity index (χ4n) is 2.30. The molecule has 0 N–H and O–H groups in total. The SMILES string of the molecule is COC(=O)C1CN(S(C)(=O)=O)CCN1C(=O)c1cccnc1. The quantitative estimate of drug-likeness (QED) is 0.684. The lowest BCUT2D eigenvalue weighted by Crippen LogP contribution is -2.59. The lowest BCUT2D eigenvalue weighted by molar-refractivity contribution is -0.147. The van der Waals surface area contributed by atoms with Gasteiger partial charge in [0.05, 0.1) is 18.9 Å². The number of nitrogens with zero attached hydrogens (tertiary/aromatic N) is 3. The molecule has 1 amide bonds. The van der Waals surface area contributed by atoms with E-state index in [4.69, 9.17) is 4.74 Å². The van der Waals surface area contributed by atoms with Crippen LogP contribution in [0.25, 0.3) is 0 Å². The van der Waals surface area contributed by atoms with Crippen LogP contribution in [0.1, 0.15) is 10.4 Å². The molecule has 1 atom stereocenters. The van der Waals surface area contributed by atoms with Crippen LogP contribution in [0.2, 0.25) is 0 Å². The molecule has 1 aromatic rings. The molecule has 1 saturated heterocycles. The van der Waals surface area contributed by atoms with Crippen molar-refractivity contribution in [1.82, 2.24) is 14.2 Å². The lowest BCUT2D eigenvalue weighted by atomic mass is 10.1. The molecule has 0 radical (unpaired) electrons. The maximum Gasteiger partial charge on any atom is 0.329 e. The fraction of sp³-hybridized carbons (Fsp3) is 0.462. The molecule has 0 aliphatic carbocycles. The van der Waals surface area contributed by atoms with Crippen molar-refractivity contribution in [2.45, 2.75) is 6.04 Å². The molecule has 1 unspecified atom stereocenters. The Hall–Kier alpha value is -2.00. The summed E-state index contributed by atoms with van der Waals surface area (Å²) in [4.78, 5) is 29.6. The van der Waals surface area contributed by atoms with E-state index in [9.17, 15) is 18.0 Å². The normalized spacial score (nSPS) is 19.7. The maximum atomic E-state index is 12.5. The number of piperazine rings is 1. The van der Waals surface area contributed by atoms with E-state index in [0.29, 0.717) is 5.56 Å². The molecule has 0 spiro atoms. The van der Waals surface area contributed by atoms with Crippen molar-refractivity contribution in [3.63, 3.8) is 0 Å². The number of sulfonamides is 1. The van der Waals surface area contributed by atoms with Gasteiger partial charge < -0.3 is 9.64 Å². The number of carbonyl (C=O) groups is 2. The third kappa shape index (κ3) is 3.42. The number of aromatic nitrogens is 1. The van der Waals surface area contributed by atoms with E-state index in [0.717, 1.165) is 6.26 Å². The number of hydrogen-bond acceptors (Lipinski definition) is 6. The van der Waals surface area contributed by atoms with Crippen LogP contribution in [0, 0.1) is 0 Å². The first kappa shape index (κ1) is 16.4. The van der Waals surface area contributed by atoms with Gasteiger partial charge in [0, 0.05) is 32.0 Å². The van der Waals surface area contributed by atoms with Crippen molar-refractivity contribution in [2.75, 3.05) is 33.0 Å². The van der Waals surface area contributed by atoms with Gasteiger partial charge in [-0.05, 0) is 12.1 Å². The number of amides is 1. The van der Waals surface area contributed by atoms with E-state index in [1.165, 1.54) is 28.7 Å². The minimum Gasteiger partial charge on any atom is -0.467 e. The lowest BCUT2D eigenvalue weighted by Gasteiger charge is -2.38. The first-order chi connectivity index (χ1) is 10.3. The van der Waals surface area contributed by atoms with Gasteiger partial charge in [0.15, 0.2) is 0 Å². The van der Waals surface area contributed by atoms with Crippen LogP contribution in [-0.4, -0.2) is 73.5 Å². The van der Waals surface area contributed by atoms with E-state index in [1.54, 1.807) is 12.1 Å². The molecule has 2 rings (SSSR count). The summed E-state index contributed by atoms with van der Waals surface area (Å²) in [5.74, 6) is -1.03. The summed E-state index contributed by atoms with van der Waals surface area (Å²) in [6, 6.07) is 2.24. The van der Waals surface area contributed by atoms with Gasteiger partial charge in [-0.2, -0.15) is 4.31 Å². The number of hydrogen-bond donors (Lipinski definition) is 0. The van der Waals surface area contributed by atoms with Crippen LogP contribution >= 0.6 is 0 Å². The number of carbonyl (C=O) groups excluding carboxylic acids is 2. The molecule has 0 aromatic carbocycles. The van der Waals surface area contributed by atoms with Crippen LogP contribution < -0.4 is 0 Å². The Balaban J connectivity index is 2.27. The van der Waals surface area contributed by atoms with Crippen molar-refractivity contribution in [3.8, 4) is 0 Å². The third-order valence-corrected chi connectivity index (χ3v) is 4.72. The zero-order valence-corrected chi connectivity index (χ0v) is 13.1. The second-order valence-corrected chi connectivity index (χ2v) is 6.88. The van der Waals surface area contributed by atoms with Crippen LogP contribution in [0.15, 0.2) is 24.5 Å². The van der Waals surface area contributed by atoms with Crippen molar-refractivity contribution in [3.05, 3.63) is 30.1 Å². The number of pyridine rings is 1. The summed E-state index contributed by atoms with van der Waals surface area (Å²) in [6.07, 6.45) is 4.01. The molecule has 8 nitrogen and oxygen atoms in total. The fourth-order valence-corrected chi connectivity index (χ4v) is 3.12. The third-order valence-electron chi connectivity index (χ3n) is 3.45. The van der Waals surface area contributed by atoms with Crippen molar-refractivity contribution < 1.29 is 22.7 Å². The summed E-state index contributed by atoms with van der Waals surface area (Å²) in [5.41, 5.74) is 0.337. The highest BCUT2D eigenvalue weighted by Gasteiger charge is 2.39. The standard InChI is InChI=1S/C13H17N3O5S/c1-21-13(18)11-9-15(22(2,19)20)6-7-16(11)12(17)10-4-3-5-14-8-10/h3-5,8,11H,6-7,9H2,1-2H3. The molecule has 1 fully saturated rings. The van der Waals surface area contributed by atoms with Crippen LogP contribution in [0.4, 0.5) is 0 Å². The van der Waals surface area contributed by atoms with Crippen LogP contribution in [0.5, 0.6) is 0 Å². The van der Waals surface area contributed by atoms with Gasteiger partial charge in [-0.25, -0.2) is 13.2 Å². The van der Waals surface area contributed by atoms with E-state index < -0.39 is 22.0 Å². The number of esters is 1. The van der Waals surface area contributed by atoms with Gasteiger partial charge in [0.25, 0.3) is 5.91 Å². The van der Waals surface area contributed by atoms with Gasteiger partial charge >= 0.3 is 5.97 Å². The highest BCUT2D eigenvalue weighted by Crippen LogP contribution is 2.17. The van der Waals surface area contributed by atoms with Gasteiger partial charge in [-0.15, -0.1) is 0 Å². The minimum absolute atomic E-state index is 0.112. The molecule has 1 aromatic heterocycles. The molecular formula is C13H17N3O5S. The van der Waals surface area contributed by atoms with Crippen molar-refractivity contribution in [2.24, 2.45) is 0 Å². The zero-order chi connectivity index (χ0) is 16.3. The number of ether oxygens (including phenoxy) is 1. The molecule has 0 bridgehead atoms. The average molecular weight is 327 g/mol. The van der Waals surface area contributed by atoms with Gasteiger partial charge in [-0.1, -0.05) is 0 Å². The Morgan fingerprint density at radius 1 is 1.36 bits per heavy atom. The Morgan fingerprint density at radius 2 is 2.09 bits per heavy atom. The predicted molar refractivity (Wildman–Crippen MR) is 77.5 cm³/mol. The van der Waals surface area contributed by atoms with Gasteiger partial charge in [0.1, 0.15) is 6.04 Å². The van der Waals surface area contributed by atoms with Crippen LogP contribution in [0.3, 0.4) is 0 Å². The molecule has 9 heteroatoms. The summed E-state index contributed by atoms with van der Waals surface area (Å²) in [7, 11) is -2.24. The highest BCUT2D eigenvalue weighted by atomic mass is 32.2. The monoisotopic (exact) mass is 327 g/mol. The Kier molecular flexibility index (Phi) is 4.77.